The summed E-state index contributed by atoms with van der Waals surface area (Å²) in [6.45, 7) is 8.10. The van der Waals surface area contributed by atoms with Gasteiger partial charge in [-0.25, -0.2) is 0 Å². The van der Waals surface area contributed by atoms with Crippen molar-refractivity contribution in [3.05, 3.63) is 53.8 Å². The Bertz CT molecular complexity index is 966. The summed E-state index contributed by atoms with van der Waals surface area (Å²) < 4.78 is 1.91. The van der Waals surface area contributed by atoms with Gasteiger partial charge in [-0.05, 0) is 58.0 Å². The number of amides is 1. The summed E-state index contributed by atoms with van der Waals surface area (Å²) in [7, 11) is 0. The standard InChI is InChI=1S/C21H24ClN5OS/c1-14(2)26(15(3)4)19(28)13-29-21-25-24-20(16-7-6-10-23-12-16)27(21)18-9-5-8-17(22)11-18/h5-12,14-15H,13H2,1-4H3. The minimum Gasteiger partial charge on any atom is -0.337 e. The Kier molecular flexibility index (Phi) is 6.92. The zero-order chi connectivity index (χ0) is 21.0. The summed E-state index contributed by atoms with van der Waals surface area (Å²) in [4.78, 5) is 18.9. The fourth-order valence-corrected chi connectivity index (χ4v) is 4.27. The van der Waals surface area contributed by atoms with E-state index in [9.17, 15) is 4.79 Å². The van der Waals surface area contributed by atoms with Gasteiger partial charge in [-0.2, -0.15) is 0 Å². The summed E-state index contributed by atoms with van der Waals surface area (Å²) in [6.07, 6.45) is 3.45. The highest BCUT2D eigenvalue weighted by Gasteiger charge is 2.22. The molecule has 0 N–H and O–H groups in total. The fraction of sp³-hybridized carbons (Fsp3) is 0.333. The van der Waals surface area contributed by atoms with Gasteiger partial charge in [-0.1, -0.05) is 29.4 Å². The van der Waals surface area contributed by atoms with E-state index in [0.717, 1.165) is 11.3 Å². The lowest BCUT2D eigenvalue weighted by atomic mass is 10.2. The molecule has 2 heterocycles. The van der Waals surface area contributed by atoms with Gasteiger partial charge in [0.15, 0.2) is 11.0 Å². The minimum atomic E-state index is 0.0728. The molecule has 1 aromatic carbocycles. The number of hydrogen-bond donors (Lipinski definition) is 0. The summed E-state index contributed by atoms with van der Waals surface area (Å²) in [5.74, 6) is 1.01. The molecule has 0 bridgehead atoms. The number of halogens is 1. The molecule has 0 fully saturated rings. The first kappa shape index (κ1) is 21.3. The van der Waals surface area contributed by atoms with Crippen LogP contribution in [0.4, 0.5) is 0 Å². The molecule has 0 spiro atoms. The van der Waals surface area contributed by atoms with Crippen LogP contribution in [0.2, 0.25) is 5.02 Å². The highest BCUT2D eigenvalue weighted by Crippen LogP contribution is 2.29. The van der Waals surface area contributed by atoms with E-state index < -0.39 is 0 Å². The van der Waals surface area contributed by atoms with Crippen molar-refractivity contribution in [2.45, 2.75) is 44.9 Å². The third-order valence-corrected chi connectivity index (χ3v) is 5.49. The first-order chi connectivity index (χ1) is 13.9. The SMILES string of the molecule is CC(C)N(C(=O)CSc1nnc(-c2cccnc2)n1-c1cccc(Cl)c1)C(C)C. The second-order valence-corrected chi connectivity index (χ2v) is 8.52. The van der Waals surface area contributed by atoms with E-state index in [1.54, 1.807) is 12.4 Å². The molecule has 2 aromatic heterocycles. The van der Waals surface area contributed by atoms with E-state index in [-0.39, 0.29) is 23.7 Å². The maximum absolute atomic E-state index is 12.8. The Morgan fingerprint density at radius 1 is 1.14 bits per heavy atom. The molecule has 0 radical (unpaired) electrons. The predicted molar refractivity (Wildman–Crippen MR) is 117 cm³/mol. The molecule has 0 saturated heterocycles. The number of hydrogen-bond acceptors (Lipinski definition) is 5. The quantitative estimate of drug-likeness (QED) is 0.508. The first-order valence-corrected chi connectivity index (χ1v) is 10.8. The van der Waals surface area contributed by atoms with Gasteiger partial charge in [0.1, 0.15) is 0 Å². The monoisotopic (exact) mass is 429 g/mol. The smallest absolute Gasteiger partial charge is 0.233 e. The van der Waals surface area contributed by atoms with Crippen LogP contribution >= 0.6 is 23.4 Å². The van der Waals surface area contributed by atoms with Crippen molar-refractivity contribution in [2.75, 3.05) is 5.75 Å². The number of aromatic nitrogens is 4. The number of nitrogens with zero attached hydrogens (tertiary/aromatic N) is 5. The highest BCUT2D eigenvalue weighted by molar-refractivity contribution is 7.99. The predicted octanol–water partition coefficient (Wildman–Crippen LogP) is 4.72. The molecule has 0 saturated carbocycles. The van der Waals surface area contributed by atoms with E-state index in [2.05, 4.69) is 15.2 Å². The molecule has 0 unspecified atom stereocenters. The van der Waals surface area contributed by atoms with Gasteiger partial charge >= 0.3 is 0 Å². The number of benzene rings is 1. The third-order valence-electron chi connectivity index (χ3n) is 4.34. The summed E-state index contributed by atoms with van der Waals surface area (Å²) in [5, 5.41) is 9.97. The number of carbonyl (C=O) groups is 1. The lowest BCUT2D eigenvalue weighted by Gasteiger charge is -2.30. The Balaban J connectivity index is 1.95. The Hall–Kier alpha value is -2.38. The maximum Gasteiger partial charge on any atom is 0.233 e. The van der Waals surface area contributed by atoms with E-state index >= 15 is 0 Å². The highest BCUT2D eigenvalue weighted by atomic mass is 35.5. The molecule has 6 nitrogen and oxygen atoms in total. The van der Waals surface area contributed by atoms with Crippen LogP contribution in [-0.4, -0.2) is 48.4 Å². The Morgan fingerprint density at radius 2 is 1.90 bits per heavy atom. The van der Waals surface area contributed by atoms with Gasteiger partial charge in [0.05, 0.1) is 11.4 Å². The average molecular weight is 430 g/mol. The molecule has 3 rings (SSSR count). The molecule has 1 amide bonds. The van der Waals surface area contributed by atoms with Gasteiger partial charge in [0, 0.05) is 35.1 Å². The van der Waals surface area contributed by atoms with Gasteiger partial charge in [-0.3, -0.25) is 14.3 Å². The number of carbonyl (C=O) groups excluding carboxylic acids is 1. The van der Waals surface area contributed by atoms with Gasteiger partial charge in [-0.15, -0.1) is 10.2 Å². The Morgan fingerprint density at radius 3 is 2.52 bits per heavy atom. The molecule has 0 aliphatic carbocycles. The first-order valence-electron chi connectivity index (χ1n) is 9.44. The van der Waals surface area contributed by atoms with Crippen LogP contribution in [0.3, 0.4) is 0 Å². The van der Waals surface area contributed by atoms with Crippen molar-refractivity contribution in [3.63, 3.8) is 0 Å². The van der Waals surface area contributed by atoms with E-state index in [0.29, 0.717) is 16.0 Å². The number of rotatable bonds is 7. The molecular formula is C21H24ClN5OS. The van der Waals surface area contributed by atoms with E-state index in [1.807, 2.05) is 73.6 Å². The van der Waals surface area contributed by atoms with Crippen LogP contribution in [-0.2, 0) is 4.79 Å². The van der Waals surface area contributed by atoms with Crippen molar-refractivity contribution in [1.82, 2.24) is 24.6 Å². The van der Waals surface area contributed by atoms with Crippen molar-refractivity contribution < 1.29 is 4.79 Å². The van der Waals surface area contributed by atoms with Crippen LogP contribution in [0, 0.1) is 0 Å². The van der Waals surface area contributed by atoms with Crippen LogP contribution in [0.5, 0.6) is 0 Å². The van der Waals surface area contributed by atoms with E-state index in [4.69, 9.17) is 11.6 Å². The van der Waals surface area contributed by atoms with Crippen LogP contribution in [0.1, 0.15) is 27.7 Å². The van der Waals surface area contributed by atoms with Crippen molar-refractivity contribution in [2.24, 2.45) is 0 Å². The average Bonchev–Trinajstić information content (AvgIpc) is 3.10. The second kappa shape index (κ2) is 9.41. The summed E-state index contributed by atoms with van der Waals surface area (Å²) >= 11 is 7.59. The zero-order valence-corrected chi connectivity index (χ0v) is 18.5. The minimum absolute atomic E-state index is 0.0728. The van der Waals surface area contributed by atoms with Crippen molar-refractivity contribution in [1.29, 1.82) is 0 Å². The molecule has 29 heavy (non-hydrogen) atoms. The van der Waals surface area contributed by atoms with Gasteiger partial charge in [0.25, 0.3) is 0 Å². The number of pyridine rings is 1. The zero-order valence-electron chi connectivity index (χ0n) is 16.9. The summed E-state index contributed by atoms with van der Waals surface area (Å²) in [5.41, 5.74) is 1.67. The molecule has 0 aliphatic heterocycles. The molecular weight excluding hydrogens is 406 g/mol. The maximum atomic E-state index is 12.8. The van der Waals surface area contributed by atoms with E-state index in [1.165, 1.54) is 11.8 Å². The van der Waals surface area contributed by atoms with Gasteiger partial charge < -0.3 is 4.90 Å². The largest absolute Gasteiger partial charge is 0.337 e. The Labute approximate surface area is 180 Å². The molecule has 3 aromatic rings. The lowest BCUT2D eigenvalue weighted by molar-refractivity contribution is -0.131. The van der Waals surface area contributed by atoms with Crippen LogP contribution in [0.15, 0.2) is 53.9 Å². The van der Waals surface area contributed by atoms with Crippen LogP contribution in [0.25, 0.3) is 17.1 Å². The van der Waals surface area contributed by atoms with Crippen molar-refractivity contribution >= 4 is 29.3 Å². The van der Waals surface area contributed by atoms with Crippen LogP contribution < -0.4 is 0 Å². The molecule has 0 aliphatic rings. The van der Waals surface area contributed by atoms with Crippen molar-refractivity contribution in [3.8, 4) is 17.1 Å². The summed E-state index contributed by atoms with van der Waals surface area (Å²) in [6, 6.07) is 11.5. The molecule has 8 heteroatoms. The normalized spacial score (nSPS) is 11.3. The van der Waals surface area contributed by atoms with Gasteiger partial charge in [0.2, 0.25) is 5.91 Å². The third kappa shape index (κ3) is 4.97. The molecule has 152 valence electrons. The molecule has 0 atom stereocenters. The lowest BCUT2D eigenvalue weighted by Crippen LogP contribution is -2.43. The number of thioether (sulfide) groups is 1. The second-order valence-electron chi connectivity index (χ2n) is 7.14. The fourth-order valence-electron chi connectivity index (χ4n) is 3.27. The topological polar surface area (TPSA) is 63.9 Å².